The minimum absolute atomic E-state index is 0.124. The highest BCUT2D eigenvalue weighted by atomic mass is 32.2. The largest absolute Gasteiger partial charge is 0.481 e. The molecule has 3 rings (SSSR count). The van der Waals surface area contributed by atoms with E-state index in [0.717, 1.165) is 22.3 Å². The molecule has 0 bridgehead atoms. The molecular formula is C23H30N2O4S. The van der Waals surface area contributed by atoms with Crippen LogP contribution < -0.4 is 4.74 Å². The van der Waals surface area contributed by atoms with Crippen molar-refractivity contribution in [2.24, 2.45) is 0 Å². The molecule has 0 aromatic heterocycles. The molecule has 0 N–H and O–H groups in total. The van der Waals surface area contributed by atoms with E-state index in [2.05, 4.69) is 6.07 Å². The first-order valence-electron chi connectivity index (χ1n) is 10.2. The molecule has 1 aliphatic heterocycles. The molecule has 1 atom stereocenters. The molecule has 1 aliphatic rings. The number of ether oxygens (including phenoxy) is 1. The quantitative estimate of drug-likeness (QED) is 0.731. The molecule has 1 heterocycles. The Balaban J connectivity index is 1.63. The molecule has 2 aromatic rings. The fraction of sp³-hybridized carbons (Fsp3) is 0.435. The topological polar surface area (TPSA) is 66.9 Å². The standard InChI is InChI=1S/C23H30N2O4S/c1-16-6-8-21(9-7-16)30(27,28)25-12-10-24(11-13-25)23(26)20(5)29-22-15-17(2)14-18(3)19(22)4/h6-9,14-15,20H,10-13H2,1-5H3. The third-order valence-electron chi connectivity index (χ3n) is 5.62. The summed E-state index contributed by atoms with van der Waals surface area (Å²) in [6.45, 7) is 10.9. The van der Waals surface area contributed by atoms with Gasteiger partial charge in [0.05, 0.1) is 4.90 Å². The number of amides is 1. The molecule has 1 unspecified atom stereocenters. The van der Waals surface area contributed by atoms with E-state index in [1.165, 1.54) is 4.31 Å². The number of sulfonamides is 1. The van der Waals surface area contributed by atoms with E-state index >= 15 is 0 Å². The maximum absolute atomic E-state index is 12.9. The highest BCUT2D eigenvalue weighted by molar-refractivity contribution is 7.89. The van der Waals surface area contributed by atoms with Crippen molar-refractivity contribution in [2.45, 2.75) is 45.6 Å². The van der Waals surface area contributed by atoms with E-state index in [9.17, 15) is 13.2 Å². The molecule has 6 nitrogen and oxygen atoms in total. The van der Waals surface area contributed by atoms with Gasteiger partial charge in [0.25, 0.3) is 5.91 Å². The minimum Gasteiger partial charge on any atom is -0.481 e. The van der Waals surface area contributed by atoms with Crippen LogP contribution in [0.15, 0.2) is 41.3 Å². The zero-order valence-electron chi connectivity index (χ0n) is 18.3. The zero-order chi connectivity index (χ0) is 22.1. The summed E-state index contributed by atoms with van der Waals surface area (Å²) in [6, 6.07) is 10.9. The number of carbonyl (C=O) groups excluding carboxylic acids is 1. The molecule has 1 fully saturated rings. The van der Waals surface area contributed by atoms with Gasteiger partial charge in [-0.05, 0) is 69.5 Å². The summed E-state index contributed by atoms with van der Waals surface area (Å²) in [5.41, 5.74) is 4.24. The van der Waals surface area contributed by atoms with E-state index in [0.29, 0.717) is 18.8 Å². The molecule has 0 spiro atoms. The van der Waals surface area contributed by atoms with Crippen LogP contribution in [0.5, 0.6) is 5.75 Å². The SMILES string of the molecule is Cc1ccc(S(=O)(=O)N2CCN(C(=O)C(C)Oc3cc(C)cc(C)c3C)CC2)cc1. The van der Waals surface area contributed by atoms with Crippen LogP contribution in [-0.2, 0) is 14.8 Å². The first-order valence-corrected chi connectivity index (χ1v) is 11.6. The Morgan fingerprint density at radius 3 is 2.13 bits per heavy atom. The lowest BCUT2D eigenvalue weighted by Crippen LogP contribution is -2.53. The molecule has 7 heteroatoms. The van der Waals surface area contributed by atoms with Crippen LogP contribution in [0.4, 0.5) is 0 Å². The number of benzene rings is 2. The first kappa shape index (κ1) is 22.3. The Kier molecular flexibility index (Phi) is 6.53. The number of piperazine rings is 1. The van der Waals surface area contributed by atoms with Gasteiger partial charge in [-0.15, -0.1) is 0 Å². The number of carbonyl (C=O) groups is 1. The van der Waals surface area contributed by atoms with Gasteiger partial charge in [-0.1, -0.05) is 23.8 Å². The van der Waals surface area contributed by atoms with Crippen molar-refractivity contribution in [3.8, 4) is 5.75 Å². The molecule has 1 amide bonds. The summed E-state index contributed by atoms with van der Waals surface area (Å²) in [4.78, 5) is 14.9. The zero-order valence-corrected chi connectivity index (χ0v) is 19.1. The Bertz CT molecular complexity index is 1020. The average molecular weight is 431 g/mol. The number of hydrogen-bond acceptors (Lipinski definition) is 4. The van der Waals surface area contributed by atoms with Gasteiger partial charge in [0.2, 0.25) is 10.0 Å². The second-order valence-corrected chi connectivity index (χ2v) is 9.95. The summed E-state index contributed by atoms with van der Waals surface area (Å²) in [5.74, 6) is 0.592. The predicted molar refractivity (Wildman–Crippen MR) is 117 cm³/mol. The van der Waals surface area contributed by atoms with E-state index in [-0.39, 0.29) is 23.9 Å². The summed E-state index contributed by atoms with van der Waals surface area (Å²) in [7, 11) is -3.55. The van der Waals surface area contributed by atoms with Crippen molar-refractivity contribution in [3.63, 3.8) is 0 Å². The van der Waals surface area contributed by atoms with Gasteiger partial charge in [0.15, 0.2) is 6.10 Å². The number of nitrogens with zero attached hydrogens (tertiary/aromatic N) is 2. The third kappa shape index (κ3) is 4.68. The lowest BCUT2D eigenvalue weighted by molar-refractivity contribution is -0.139. The smallest absolute Gasteiger partial charge is 0.263 e. The van der Waals surface area contributed by atoms with Gasteiger partial charge in [-0.3, -0.25) is 4.79 Å². The highest BCUT2D eigenvalue weighted by Crippen LogP contribution is 2.25. The van der Waals surface area contributed by atoms with E-state index in [4.69, 9.17) is 4.74 Å². The fourth-order valence-corrected chi connectivity index (χ4v) is 5.05. The predicted octanol–water partition coefficient (Wildman–Crippen LogP) is 3.22. The summed E-state index contributed by atoms with van der Waals surface area (Å²) >= 11 is 0. The second-order valence-electron chi connectivity index (χ2n) is 8.01. The van der Waals surface area contributed by atoms with Crippen LogP contribution in [0.2, 0.25) is 0 Å². The maximum atomic E-state index is 12.9. The maximum Gasteiger partial charge on any atom is 0.263 e. The van der Waals surface area contributed by atoms with Crippen molar-refractivity contribution in [1.29, 1.82) is 0 Å². The Morgan fingerprint density at radius 1 is 0.933 bits per heavy atom. The number of aryl methyl sites for hydroxylation is 3. The monoisotopic (exact) mass is 430 g/mol. The van der Waals surface area contributed by atoms with Crippen LogP contribution in [0, 0.1) is 27.7 Å². The molecule has 1 saturated heterocycles. The van der Waals surface area contributed by atoms with Crippen molar-refractivity contribution in [2.75, 3.05) is 26.2 Å². The van der Waals surface area contributed by atoms with Gasteiger partial charge in [-0.25, -0.2) is 8.42 Å². The van der Waals surface area contributed by atoms with Gasteiger partial charge in [0, 0.05) is 26.2 Å². The van der Waals surface area contributed by atoms with Gasteiger partial charge < -0.3 is 9.64 Å². The molecule has 0 aliphatic carbocycles. The van der Waals surface area contributed by atoms with Gasteiger partial charge in [0.1, 0.15) is 5.75 Å². The lowest BCUT2D eigenvalue weighted by atomic mass is 10.1. The van der Waals surface area contributed by atoms with Crippen molar-refractivity contribution < 1.29 is 17.9 Å². The van der Waals surface area contributed by atoms with Gasteiger partial charge >= 0.3 is 0 Å². The third-order valence-corrected chi connectivity index (χ3v) is 7.54. The first-order chi connectivity index (χ1) is 14.1. The minimum atomic E-state index is -3.55. The second kappa shape index (κ2) is 8.78. The summed E-state index contributed by atoms with van der Waals surface area (Å²) in [6.07, 6.45) is -0.634. The number of rotatable bonds is 5. The Hall–Kier alpha value is -2.38. The van der Waals surface area contributed by atoms with E-state index < -0.39 is 16.1 Å². The fourth-order valence-electron chi connectivity index (χ4n) is 3.63. The highest BCUT2D eigenvalue weighted by Gasteiger charge is 2.32. The summed E-state index contributed by atoms with van der Waals surface area (Å²) in [5, 5.41) is 0. The Labute approximate surface area is 179 Å². The van der Waals surface area contributed by atoms with Crippen LogP contribution in [0.1, 0.15) is 29.2 Å². The van der Waals surface area contributed by atoms with E-state index in [1.54, 1.807) is 36.1 Å². The van der Waals surface area contributed by atoms with Gasteiger partial charge in [-0.2, -0.15) is 4.31 Å². The Morgan fingerprint density at radius 2 is 1.53 bits per heavy atom. The van der Waals surface area contributed by atoms with Crippen molar-refractivity contribution >= 4 is 15.9 Å². The van der Waals surface area contributed by atoms with Crippen LogP contribution in [0.3, 0.4) is 0 Å². The average Bonchev–Trinajstić information content (AvgIpc) is 2.71. The molecular weight excluding hydrogens is 400 g/mol. The van der Waals surface area contributed by atoms with Crippen molar-refractivity contribution in [1.82, 2.24) is 9.21 Å². The van der Waals surface area contributed by atoms with E-state index in [1.807, 2.05) is 33.8 Å². The van der Waals surface area contributed by atoms with Crippen LogP contribution in [0.25, 0.3) is 0 Å². The molecule has 162 valence electrons. The van der Waals surface area contributed by atoms with Crippen LogP contribution in [-0.4, -0.2) is 55.8 Å². The number of hydrogen-bond donors (Lipinski definition) is 0. The molecule has 30 heavy (non-hydrogen) atoms. The molecule has 2 aromatic carbocycles. The lowest BCUT2D eigenvalue weighted by Gasteiger charge is -2.35. The normalized spacial score (nSPS) is 16.4. The van der Waals surface area contributed by atoms with Crippen molar-refractivity contribution in [3.05, 3.63) is 58.7 Å². The molecule has 0 saturated carbocycles. The van der Waals surface area contributed by atoms with Crippen LogP contribution >= 0.6 is 0 Å². The molecule has 0 radical (unpaired) electrons. The summed E-state index contributed by atoms with van der Waals surface area (Å²) < 4.78 is 33.1.